The molecule has 0 saturated carbocycles. The predicted octanol–water partition coefficient (Wildman–Crippen LogP) is 2.34. The van der Waals surface area contributed by atoms with E-state index in [0.29, 0.717) is 0 Å². The molecule has 0 aliphatic carbocycles. The molecular formula is C13H19N3S. The van der Waals surface area contributed by atoms with Gasteiger partial charge in [-0.25, -0.2) is 4.98 Å². The third-order valence-corrected chi connectivity index (χ3v) is 3.86. The summed E-state index contributed by atoms with van der Waals surface area (Å²) in [4.78, 5) is 6.89. The van der Waals surface area contributed by atoms with Crippen LogP contribution in [0, 0.1) is 0 Å². The Balaban J connectivity index is 1.83. The lowest BCUT2D eigenvalue weighted by molar-refractivity contribution is 0.349. The van der Waals surface area contributed by atoms with Gasteiger partial charge in [-0.1, -0.05) is 19.1 Å². The molecule has 0 saturated heterocycles. The second-order valence-corrected chi connectivity index (χ2v) is 5.26. The lowest BCUT2D eigenvalue weighted by Crippen LogP contribution is -2.28. The summed E-state index contributed by atoms with van der Waals surface area (Å²) in [7, 11) is 2.14. The molecule has 4 heteroatoms. The third-order valence-electron chi connectivity index (χ3n) is 2.82. The second-order valence-electron chi connectivity index (χ2n) is 4.15. The molecule has 0 aliphatic rings. The molecular weight excluding hydrogens is 230 g/mol. The van der Waals surface area contributed by atoms with E-state index in [1.54, 1.807) is 11.3 Å². The standard InChI is InChI=1S/C13H19N3S/c1-3-16(2)9-8-14-10-13-15-11-6-4-5-7-12(11)17-13/h4-7,14H,3,8-10H2,1-2H3. The summed E-state index contributed by atoms with van der Waals surface area (Å²) < 4.78 is 1.27. The van der Waals surface area contributed by atoms with E-state index in [2.05, 4.69) is 47.4 Å². The minimum atomic E-state index is 0.872. The number of hydrogen-bond donors (Lipinski definition) is 1. The summed E-state index contributed by atoms with van der Waals surface area (Å²) in [6.07, 6.45) is 0. The molecule has 3 nitrogen and oxygen atoms in total. The van der Waals surface area contributed by atoms with Gasteiger partial charge in [0, 0.05) is 19.6 Å². The average molecular weight is 249 g/mol. The van der Waals surface area contributed by atoms with Crippen LogP contribution >= 0.6 is 11.3 Å². The Bertz CT molecular complexity index is 433. The van der Waals surface area contributed by atoms with Gasteiger partial charge < -0.3 is 10.2 Å². The van der Waals surface area contributed by atoms with Gasteiger partial charge in [0.2, 0.25) is 0 Å². The van der Waals surface area contributed by atoms with Crippen LogP contribution in [0.5, 0.6) is 0 Å². The summed E-state index contributed by atoms with van der Waals surface area (Å²) in [5.74, 6) is 0. The zero-order valence-electron chi connectivity index (χ0n) is 10.4. The quantitative estimate of drug-likeness (QED) is 0.797. The zero-order chi connectivity index (χ0) is 12.1. The Labute approximate surface area is 106 Å². The lowest BCUT2D eigenvalue weighted by atomic mass is 10.3. The van der Waals surface area contributed by atoms with Gasteiger partial charge in [-0.2, -0.15) is 0 Å². The molecule has 0 amide bonds. The second kappa shape index (κ2) is 6.10. The maximum absolute atomic E-state index is 4.59. The van der Waals surface area contributed by atoms with E-state index in [4.69, 9.17) is 0 Å². The molecule has 2 rings (SSSR count). The van der Waals surface area contributed by atoms with Crippen molar-refractivity contribution in [2.75, 3.05) is 26.7 Å². The smallest absolute Gasteiger partial charge is 0.108 e. The van der Waals surface area contributed by atoms with E-state index < -0.39 is 0 Å². The Morgan fingerprint density at radius 1 is 1.35 bits per heavy atom. The zero-order valence-corrected chi connectivity index (χ0v) is 11.3. The average Bonchev–Trinajstić information content (AvgIpc) is 2.76. The summed E-state index contributed by atoms with van der Waals surface area (Å²) in [5, 5.41) is 4.61. The van der Waals surface area contributed by atoms with E-state index >= 15 is 0 Å². The van der Waals surface area contributed by atoms with Crippen LogP contribution in [0.2, 0.25) is 0 Å². The summed E-state index contributed by atoms with van der Waals surface area (Å²) in [6.45, 7) is 6.24. The first-order valence-electron chi connectivity index (χ1n) is 6.03. The van der Waals surface area contributed by atoms with Crippen molar-refractivity contribution in [3.63, 3.8) is 0 Å². The van der Waals surface area contributed by atoms with Gasteiger partial charge >= 0.3 is 0 Å². The fraction of sp³-hybridized carbons (Fsp3) is 0.462. The van der Waals surface area contributed by atoms with Gasteiger partial charge in [-0.05, 0) is 25.7 Å². The molecule has 2 aromatic rings. The number of fused-ring (bicyclic) bond motifs is 1. The van der Waals surface area contributed by atoms with Crippen LogP contribution in [0.1, 0.15) is 11.9 Å². The molecule has 0 spiro atoms. The molecule has 0 unspecified atom stereocenters. The monoisotopic (exact) mass is 249 g/mol. The van der Waals surface area contributed by atoms with E-state index in [9.17, 15) is 0 Å². The number of thiazole rings is 1. The number of rotatable bonds is 6. The first kappa shape index (κ1) is 12.5. The van der Waals surface area contributed by atoms with Crippen LogP contribution in [-0.4, -0.2) is 36.6 Å². The molecule has 1 heterocycles. The maximum Gasteiger partial charge on any atom is 0.108 e. The fourth-order valence-corrected chi connectivity index (χ4v) is 2.56. The molecule has 0 atom stereocenters. The minimum Gasteiger partial charge on any atom is -0.309 e. The number of benzene rings is 1. The van der Waals surface area contributed by atoms with Gasteiger partial charge in [0.1, 0.15) is 5.01 Å². The van der Waals surface area contributed by atoms with Gasteiger partial charge in [0.05, 0.1) is 10.2 Å². The molecule has 17 heavy (non-hydrogen) atoms. The number of nitrogens with zero attached hydrogens (tertiary/aromatic N) is 2. The fourth-order valence-electron chi connectivity index (χ4n) is 1.62. The first-order valence-corrected chi connectivity index (χ1v) is 6.85. The van der Waals surface area contributed by atoms with Gasteiger partial charge in [0.25, 0.3) is 0 Å². The van der Waals surface area contributed by atoms with Crippen molar-refractivity contribution in [3.8, 4) is 0 Å². The van der Waals surface area contributed by atoms with Crippen LogP contribution in [0.25, 0.3) is 10.2 Å². The Kier molecular flexibility index (Phi) is 4.48. The maximum atomic E-state index is 4.59. The number of hydrogen-bond acceptors (Lipinski definition) is 4. The number of likely N-dealkylation sites (N-methyl/N-ethyl adjacent to an activating group) is 1. The Morgan fingerprint density at radius 2 is 2.18 bits per heavy atom. The van der Waals surface area contributed by atoms with Crippen LogP contribution in [0.15, 0.2) is 24.3 Å². The number of nitrogens with one attached hydrogen (secondary N) is 1. The predicted molar refractivity (Wildman–Crippen MR) is 74.5 cm³/mol. The van der Waals surface area contributed by atoms with E-state index in [-0.39, 0.29) is 0 Å². The highest BCUT2D eigenvalue weighted by Crippen LogP contribution is 2.20. The summed E-state index contributed by atoms with van der Waals surface area (Å²) in [6, 6.07) is 8.30. The van der Waals surface area contributed by atoms with Crippen molar-refractivity contribution in [2.24, 2.45) is 0 Å². The van der Waals surface area contributed by atoms with Crippen LogP contribution in [-0.2, 0) is 6.54 Å². The molecule has 0 bridgehead atoms. The summed E-state index contributed by atoms with van der Waals surface area (Å²) in [5.41, 5.74) is 1.11. The van der Waals surface area contributed by atoms with Crippen molar-refractivity contribution in [1.29, 1.82) is 0 Å². The Morgan fingerprint density at radius 3 is 2.94 bits per heavy atom. The highest BCUT2D eigenvalue weighted by Gasteiger charge is 2.02. The first-order chi connectivity index (χ1) is 8.29. The van der Waals surface area contributed by atoms with Crippen molar-refractivity contribution in [1.82, 2.24) is 15.2 Å². The normalized spacial score (nSPS) is 11.5. The largest absolute Gasteiger partial charge is 0.309 e. The molecule has 0 fully saturated rings. The van der Waals surface area contributed by atoms with Crippen molar-refractivity contribution in [2.45, 2.75) is 13.5 Å². The Hall–Kier alpha value is -0.970. The van der Waals surface area contributed by atoms with Crippen molar-refractivity contribution >= 4 is 21.6 Å². The number of aromatic nitrogens is 1. The van der Waals surface area contributed by atoms with Crippen LogP contribution in [0.4, 0.5) is 0 Å². The number of para-hydroxylation sites is 1. The van der Waals surface area contributed by atoms with Crippen molar-refractivity contribution < 1.29 is 0 Å². The van der Waals surface area contributed by atoms with E-state index in [1.165, 1.54) is 9.71 Å². The van der Waals surface area contributed by atoms with Gasteiger partial charge in [-0.3, -0.25) is 0 Å². The molecule has 1 aromatic heterocycles. The summed E-state index contributed by atoms with van der Waals surface area (Å²) >= 11 is 1.77. The topological polar surface area (TPSA) is 28.2 Å². The highest BCUT2D eigenvalue weighted by molar-refractivity contribution is 7.18. The molecule has 1 N–H and O–H groups in total. The van der Waals surface area contributed by atoms with E-state index in [1.807, 2.05) is 6.07 Å². The van der Waals surface area contributed by atoms with Crippen molar-refractivity contribution in [3.05, 3.63) is 29.3 Å². The van der Waals surface area contributed by atoms with Crippen LogP contribution < -0.4 is 5.32 Å². The van der Waals surface area contributed by atoms with Gasteiger partial charge in [-0.15, -0.1) is 11.3 Å². The molecule has 0 radical (unpaired) electrons. The minimum absolute atomic E-state index is 0.872. The van der Waals surface area contributed by atoms with Crippen LogP contribution in [0.3, 0.4) is 0 Å². The molecule has 1 aromatic carbocycles. The molecule has 0 aliphatic heterocycles. The van der Waals surface area contributed by atoms with Gasteiger partial charge in [0.15, 0.2) is 0 Å². The highest BCUT2D eigenvalue weighted by atomic mass is 32.1. The molecule has 92 valence electrons. The lowest BCUT2D eigenvalue weighted by Gasteiger charge is -2.13. The van der Waals surface area contributed by atoms with E-state index in [0.717, 1.165) is 31.7 Å². The SMILES string of the molecule is CCN(C)CCNCc1nc2ccccc2s1. The third kappa shape index (κ3) is 3.49.